The summed E-state index contributed by atoms with van der Waals surface area (Å²) < 4.78 is 21.4. The zero-order chi connectivity index (χ0) is 8.91. The summed E-state index contributed by atoms with van der Waals surface area (Å²) in [7, 11) is -2.90. The first-order chi connectivity index (χ1) is 4.95. The fourth-order valence-corrected chi connectivity index (χ4v) is 1.69. The van der Waals surface area contributed by atoms with Crippen molar-refractivity contribution in [3.8, 4) is 0 Å². The molecule has 1 N–H and O–H groups in total. The van der Waals surface area contributed by atoms with Gasteiger partial charge in [-0.1, -0.05) is 0 Å². The Labute approximate surface area is 67.8 Å². The summed E-state index contributed by atoms with van der Waals surface area (Å²) in [6.45, 7) is 4.13. The second kappa shape index (κ2) is 4.69. The van der Waals surface area contributed by atoms with Gasteiger partial charge < -0.3 is 4.84 Å². The van der Waals surface area contributed by atoms with Crippen molar-refractivity contribution in [2.75, 3.05) is 18.6 Å². The summed E-state index contributed by atoms with van der Waals surface area (Å²) in [6, 6.07) is -0.148. The molecule has 0 heterocycles. The van der Waals surface area contributed by atoms with Gasteiger partial charge in [-0.3, -0.25) is 0 Å². The van der Waals surface area contributed by atoms with E-state index in [1.807, 2.05) is 6.92 Å². The lowest BCUT2D eigenvalue weighted by atomic mass is 10.4. The maximum atomic E-state index is 10.7. The van der Waals surface area contributed by atoms with E-state index in [1.165, 1.54) is 6.26 Å². The number of rotatable bonds is 5. The fraction of sp³-hybridized carbons (Fsp3) is 1.00. The highest BCUT2D eigenvalue weighted by Crippen LogP contribution is 1.89. The zero-order valence-corrected chi connectivity index (χ0v) is 7.94. The van der Waals surface area contributed by atoms with Gasteiger partial charge in [-0.15, -0.1) is 0 Å². The first kappa shape index (κ1) is 10.9. The number of hydrogen-bond donors (Lipinski definition) is 1. The minimum atomic E-state index is -2.90. The third-order valence-corrected chi connectivity index (χ3v) is 2.09. The van der Waals surface area contributed by atoms with Gasteiger partial charge in [-0.25, -0.2) is 8.42 Å². The van der Waals surface area contributed by atoms with Crippen molar-refractivity contribution >= 4 is 9.84 Å². The van der Waals surface area contributed by atoms with Gasteiger partial charge in [0.1, 0.15) is 9.84 Å². The standard InChI is InChI=1S/C6H15NO3S/c1-4-10-7-6(2)5-11(3,8)9/h6-7H,4-5H2,1-3H3. The highest BCUT2D eigenvalue weighted by molar-refractivity contribution is 7.90. The maximum absolute atomic E-state index is 10.7. The Morgan fingerprint density at radius 1 is 1.55 bits per heavy atom. The largest absolute Gasteiger partial charge is 0.302 e. The molecule has 0 aromatic carbocycles. The van der Waals surface area contributed by atoms with E-state index in [0.29, 0.717) is 6.61 Å². The minimum Gasteiger partial charge on any atom is -0.302 e. The molecule has 5 heteroatoms. The molecule has 0 aromatic rings. The molecule has 0 bridgehead atoms. The van der Waals surface area contributed by atoms with Crippen molar-refractivity contribution in [2.24, 2.45) is 0 Å². The lowest BCUT2D eigenvalue weighted by Gasteiger charge is -2.10. The van der Waals surface area contributed by atoms with Gasteiger partial charge in [-0.05, 0) is 13.8 Å². The lowest BCUT2D eigenvalue weighted by Crippen LogP contribution is -2.32. The van der Waals surface area contributed by atoms with Crippen molar-refractivity contribution in [2.45, 2.75) is 19.9 Å². The highest BCUT2D eigenvalue weighted by Gasteiger charge is 2.09. The van der Waals surface area contributed by atoms with Crippen molar-refractivity contribution in [3.63, 3.8) is 0 Å². The average molecular weight is 181 g/mol. The first-order valence-electron chi connectivity index (χ1n) is 3.50. The Kier molecular flexibility index (Phi) is 4.63. The van der Waals surface area contributed by atoms with E-state index in [0.717, 1.165) is 0 Å². The Hall–Kier alpha value is -0.130. The summed E-state index contributed by atoms with van der Waals surface area (Å²) >= 11 is 0. The molecule has 1 unspecified atom stereocenters. The van der Waals surface area contributed by atoms with E-state index in [-0.39, 0.29) is 11.8 Å². The number of nitrogens with one attached hydrogen (secondary N) is 1. The van der Waals surface area contributed by atoms with Crippen molar-refractivity contribution in [1.82, 2.24) is 5.48 Å². The van der Waals surface area contributed by atoms with Gasteiger partial charge in [-0.2, -0.15) is 5.48 Å². The summed E-state index contributed by atoms with van der Waals surface area (Å²) in [5.41, 5.74) is 2.61. The van der Waals surface area contributed by atoms with Gasteiger partial charge in [0, 0.05) is 12.3 Å². The van der Waals surface area contributed by atoms with E-state index in [9.17, 15) is 8.42 Å². The summed E-state index contributed by atoms with van der Waals surface area (Å²) in [6.07, 6.45) is 1.21. The van der Waals surface area contributed by atoms with Crippen LogP contribution in [0.15, 0.2) is 0 Å². The molecule has 0 amide bonds. The van der Waals surface area contributed by atoms with Gasteiger partial charge in [0.25, 0.3) is 0 Å². The summed E-state index contributed by atoms with van der Waals surface area (Å²) in [5.74, 6) is 0.104. The monoisotopic (exact) mass is 181 g/mol. The van der Waals surface area contributed by atoms with Crippen LogP contribution >= 0.6 is 0 Å². The second-order valence-corrected chi connectivity index (χ2v) is 4.73. The molecule has 0 radical (unpaired) electrons. The number of hydroxylamine groups is 1. The van der Waals surface area contributed by atoms with Gasteiger partial charge >= 0.3 is 0 Å². The van der Waals surface area contributed by atoms with Gasteiger partial charge in [0.15, 0.2) is 0 Å². The Morgan fingerprint density at radius 3 is 2.45 bits per heavy atom. The van der Waals surface area contributed by atoms with Crippen molar-refractivity contribution in [1.29, 1.82) is 0 Å². The van der Waals surface area contributed by atoms with Gasteiger partial charge in [0.2, 0.25) is 0 Å². The van der Waals surface area contributed by atoms with Crippen molar-refractivity contribution in [3.05, 3.63) is 0 Å². The third kappa shape index (κ3) is 7.77. The van der Waals surface area contributed by atoms with Crippen LogP contribution in [0.5, 0.6) is 0 Å². The van der Waals surface area contributed by atoms with Gasteiger partial charge in [0.05, 0.1) is 12.4 Å². The Balaban J connectivity index is 3.61. The molecule has 0 aromatic heterocycles. The molecule has 0 fully saturated rings. The molecule has 0 rings (SSSR count). The molecular weight excluding hydrogens is 166 g/mol. The topological polar surface area (TPSA) is 55.4 Å². The van der Waals surface area contributed by atoms with Crippen LogP contribution < -0.4 is 5.48 Å². The van der Waals surface area contributed by atoms with E-state index >= 15 is 0 Å². The van der Waals surface area contributed by atoms with Crippen molar-refractivity contribution < 1.29 is 13.3 Å². The third-order valence-electron chi connectivity index (χ3n) is 0.982. The van der Waals surface area contributed by atoms with Crippen LogP contribution in [0.2, 0.25) is 0 Å². The Bertz CT molecular complexity index is 188. The smallest absolute Gasteiger partial charge is 0.149 e. The van der Waals surface area contributed by atoms with E-state index < -0.39 is 9.84 Å². The molecule has 0 aliphatic carbocycles. The van der Waals surface area contributed by atoms with Crippen LogP contribution in [0.1, 0.15) is 13.8 Å². The predicted molar refractivity (Wildman–Crippen MR) is 43.9 cm³/mol. The molecule has 1 atom stereocenters. The molecule has 0 aliphatic heterocycles. The van der Waals surface area contributed by atoms with E-state index in [1.54, 1.807) is 6.92 Å². The van der Waals surface area contributed by atoms with E-state index in [4.69, 9.17) is 4.84 Å². The lowest BCUT2D eigenvalue weighted by molar-refractivity contribution is 0.0338. The van der Waals surface area contributed by atoms with Crippen LogP contribution in [-0.4, -0.2) is 33.1 Å². The predicted octanol–water partition coefficient (Wildman–Crippen LogP) is -0.0394. The number of sulfone groups is 1. The summed E-state index contributed by atoms with van der Waals surface area (Å²) in [5, 5.41) is 0. The minimum absolute atomic E-state index is 0.104. The molecule has 0 spiro atoms. The number of hydrogen-bond acceptors (Lipinski definition) is 4. The SMILES string of the molecule is CCONC(C)CS(C)(=O)=O. The normalized spacial score (nSPS) is 14.8. The van der Waals surface area contributed by atoms with Crippen LogP contribution in [-0.2, 0) is 14.7 Å². The quantitative estimate of drug-likeness (QED) is 0.605. The molecule has 0 saturated carbocycles. The first-order valence-corrected chi connectivity index (χ1v) is 5.56. The summed E-state index contributed by atoms with van der Waals surface area (Å²) in [4.78, 5) is 4.83. The second-order valence-electron chi connectivity index (χ2n) is 2.54. The van der Waals surface area contributed by atoms with Crippen LogP contribution in [0.3, 0.4) is 0 Å². The van der Waals surface area contributed by atoms with Crippen LogP contribution in [0.25, 0.3) is 0 Å². The Morgan fingerprint density at radius 2 is 2.09 bits per heavy atom. The van der Waals surface area contributed by atoms with E-state index in [2.05, 4.69) is 5.48 Å². The van der Waals surface area contributed by atoms with Crippen LogP contribution in [0.4, 0.5) is 0 Å². The molecule has 11 heavy (non-hydrogen) atoms. The maximum Gasteiger partial charge on any atom is 0.149 e. The zero-order valence-electron chi connectivity index (χ0n) is 7.12. The molecule has 0 saturated heterocycles. The molecule has 0 aliphatic rings. The molecular formula is C6H15NO3S. The van der Waals surface area contributed by atoms with Crippen LogP contribution in [0, 0.1) is 0 Å². The average Bonchev–Trinajstić information content (AvgIpc) is 1.79. The highest BCUT2D eigenvalue weighted by atomic mass is 32.2. The molecule has 4 nitrogen and oxygen atoms in total. The molecule has 68 valence electrons. The fourth-order valence-electron chi connectivity index (χ4n) is 0.714.